The first kappa shape index (κ1) is 16.4. The van der Waals surface area contributed by atoms with Crippen molar-refractivity contribution in [2.75, 3.05) is 24.6 Å². The number of fused-ring (bicyclic) bond motifs is 1. The molecule has 0 aliphatic carbocycles. The Kier molecular flexibility index (Phi) is 3.72. The second-order valence-corrected chi connectivity index (χ2v) is 6.95. The molecule has 0 saturated carbocycles. The van der Waals surface area contributed by atoms with E-state index in [4.69, 9.17) is 9.72 Å². The maximum atomic E-state index is 13.5. The standard InChI is InChI=1S/C20H18F2N4O/c21-20(22)11-26(12-20)19-17(18-24-15-7-9-27-10-16(15)25-18)14(6-8-23-19)13-4-2-1-3-5-13/h1-6,8H,7,9-12H2,(H,24,25). The van der Waals surface area contributed by atoms with Crippen LogP contribution >= 0.6 is 0 Å². The molecule has 5 rings (SSSR count). The van der Waals surface area contributed by atoms with Crippen molar-refractivity contribution < 1.29 is 13.5 Å². The maximum absolute atomic E-state index is 13.5. The molecule has 1 aromatic carbocycles. The maximum Gasteiger partial charge on any atom is 0.282 e. The summed E-state index contributed by atoms with van der Waals surface area (Å²) in [5, 5.41) is 0. The minimum atomic E-state index is -2.67. The van der Waals surface area contributed by atoms with Gasteiger partial charge in [-0.2, -0.15) is 0 Å². The Bertz CT molecular complexity index is 955. The van der Waals surface area contributed by atoms with Gasteiger partial charge in [-0.1, -0.05) is 30.3 Å². The predicted octanol–water partition coefficient (Wildman–Crippen LogP) is 3.67. The van der Waals surface area contributed by atoms with Crippen LogP contribution < -0.4 is 4.90 Å². The zero-order valence-electron chi connectivity index (χ0n) is 14.6. The van der Waals surface area contributed by atoms with E-state index in [1.165, 1.54) is 0 Å². The number of nitrogens with one attached hydrogen (secondary N) is 1. The van der Waals surface area contributed by atoms with Gasteiger partial charge in [0.2, 0.25) is 0 Å². The van der Waals surface area contributed by atoms with Gasteiger partial charge in [0.25, 0.3) is 5.92 Å². The third-order valence-electron chi connectivity index (χ3n) is 4.99. The first-order chi connectivity index (χ1) is 13.1. The molecule has 0 atom stereocenters. The Balaban J connectivity index is 1.67. The number of anilines is 1. The van der Waals surface area contributed by atoms with E-state index in [0.717, 1.165) is 34.5 Å². The molecule has 1 N–H and O–H groups in total. The topological polar surface area (TPSA) is 54.0 Å². The summed E-state index contributed by atoms with van der Waals surface area (Å²) in [5.41, 5.74) is 4.59. The van der Waals surface area contributed by atoms with E-state index in [-0.39, 0.29) is 13.1 Å². The number of H-pyrrole nitrogens is 1. The molecule has 1 fully saturated rings. The first-order valence-corrected chi connectivity index (χ1v) is 8.94. The minimum Gasteiger partial charge on any atom is -0.375 e. The quantitative estimate of drug-likeness (QED) is 0.767. The van der Waals surface area contributed by atoms with Gasteiger partial charge in [0.1, 0.15) is 11.6 Å². The zero-order chi connectivity index (χ0) is 18.4. The van der Waals surface area contributed by atoms with Gasteiger partial charge in [0.05, 0.1) is 43.3 Å². The fourth-order valence-corrected chi connectivity index (χ4v) is 3.68. The van der Waals surface area contributed by atoms with Gasteiger partial charge in [0, 0.05) is 12.6 Å². The Labute approximate surface area is 155 Å². The number of hydrogen-bond donors (Lipinski definition) is 1. The van der Waals surface area contributed by atoms with Gasteiger partial charge < -0.3 is 14.6 Å². The Morgan fingerprint density at radius 3 is 2.67 bits per heavy atom. The monoisotopic (exact) mass is 368 g/mol. The minimum absolute atomic E-state index is 0.325. The van der Waals surface area contributed by atoms with Crippen molar-refractivity contribution in [1.29, 1.82) is 0 Å². The van der Waals surface area contributed by atoms with E-state index in [1.54, 1.807) is 11.1 Å². The summed E-state index contributed by atoms with van der Waals surface area (Å²) in [6, 6.07) is 11.8. The number of aromatic nitrogens is 3. The SMILES string of the molecule is FC1(F)CN(c2nccc(-c3ccccc3)c2-c2nc3c([nH]2)COCC3)C1. The molecule has 2 aliphatic rings. The van der Waals surface area contributed by atoms with Crippen LogP contribution in [0.3, 0.4) is 0 Å². The highest BCUT2D eigenvalue weighted by Gasteiger charge is 2.45. The molecule has 3 aromatic rings. The smallest absolute Gasteiger partial charge is 0.282 e. The summed E-state index contributed by atoms with van der Waals surface area (Å²) in [6.45, 7) is 0.477. The molecular formula is C20H18F2N4O. The van der Waals surface area contributed by atoms with Crippen LogP contribution in [0.25, 0.3) is 22.5 Å². The summed E-state index contributed by atoms with van der Waals surface area (Å²) in [4.78, 5) is 14.1. The highest BCUT2D eigenvalue weighted by Crippen LogP contribution is 2.41. The van der Waals surface area contributed by atoms with Crippen LogP contribution in [0, 0.1) is 0 Å². The normalized spacial score (nSPS) is 18.1. The van der Waals surface area contributed by atoms with Gasteiger partial charge in [-0.3, -0.25) is 0 Å². The molecule has 4 heterocycles. The molecule has 138 valence electrons. The summed E-state index contributed by atoms with van der Waals surface area (Å²) in [5.74, 6) is -1.48. The Hall–Kier alpha value is -2.80. The van der Waals surface area contributed by atoms with Crippen molar-refractivity contribution in [3.05, 3.63) is 54.0 Å². The molecule has 0 spiro atoms. The van der Waals surface area contributed by atoms with Crippen LogP contribution in [0.2, 0.25) is 0 Å². The number of rotatable bonds is 3. The van der Waals surface area contributed by atoms with Crippen molar-refractivity contribution in [1.82, 2.24) is 15.0 Å². The zero-order valence-corrected chi connectivity index (χ0v) is 14.6. The molecule has 2 aromatic heterocycles. The van der Waals surface area contributed by atoms with Crippen LogP contribution in [0.15, 0.2) is 42.6 Å². The van der Waals surface area contributed by atoms with Crippen LogP contribution in [0.5, 0.6) is 0 Å². The van der Waals surface area contributed by atoms with Crippen molar-refractivity contribution in [3.63, 3.8) is 0 Å². The third-order valence-corrected chi connectivity index (χ3v) is 4.99. The summed E-state index contributed by atoms with van der Waals surface area (Å²) < 4.78 is 32.5. The third kappa shape index (κ3) is 2.88. The average Bonchev–Trinajstić information content (AvgIpc) is 3.10. The number of pyridine rings is 1. The van der Waals surface area contributed by atoms with Gasteiger partial charge in [-0.25, -0.2) is 18.7 Å². The fraction of sp³-hybridized carbons (Fsp3) is 0.300. The Morgan fingerprint density at radius 2 is 1.93 bits per heavy atom. The predicted molar refractivity (Wildman–Crippen MR) is 97.8 cm³/mol. The number of alkyl halides is 2. The van der Waals surface area contributed by atoms with E-state index < -0.39 is 5.92 Å². The van der Waals surface area contributed by atoms with Crippen molar-refractivity contribution >= 4 is 5.82 Å². The number of halogens is 2. The molecular weight excluding hydrogens is 350 g/mol. The van der Waals surface area contributed by atoms with Crippen molar-refractivity contribution in [3.8, 4) is 22.5 Å². The summed E-state index contributed by atoms with van der Waals surface area (Å²) in [7, 11) is 0. The molecule has 0 amide bonds. The summed E-state index contributed by atoms with van der Waals surface area (Å²) >= 11 is 0. The van der Waals surface area contributed by atoms with Crippen LogP contribution in [-0.2, 0) is 17.8 Å². The molecule has 2 aliphatic heterocycles. The van der Waals surface area contributed by atoms with Gasteiger partial charge >= 0.3 is 0 Å². The molecule has 27 heavy (non-hydrogen) atoms. The van der Waals surface area contributed by atoms with Crippen molar-refractivity contribution in [2.24, 2.45) is 0 Å². The van der Waals surface area contributed by atoms with Crippen LogP contribution in [0.4, 0.5) is 14.6 Å². The van der Waals surface area contributed by atoms with Crippen molar-refractivity contribution in [2.45, 2.75) is 19.0 Å². The number of imidazole rings is 1. The van der Waals surface area contributed by atoms with E-state index in [9.17, 15) is 8.78 Å². The lowest BCUT2D eigenvalue weighted by Crippen LogP contribution is -2.56. The second kappa shape index (κ2) is 6.13. The molecule has 7 heteroatoms. The Morgan fingerprint density at radius 1 is 1.11 bits per heavy atom. The average molecular weight is 368 g/mol. The second-order valence-electron chi connectivity index (χ2n) is 6.95. The molecule has 0 bridgehead atoms. The van der Waals surface area contributed by atoms with Gasteiger partial charge in [-0.05, 0) is 17.2 Å². The van der Waals surface area contributed by atoms with E-state index in [1.807, 2.05) is 36.4 Å². The molecule has 1 saturated heterocycles. The number of ether oxygens (including phenoxy) is 1. The van der Waals surface area contributed by atoms with E-state index >= 15 is 0 Å². The lowest BCUT2D eigenvalue weighted by molar-refractivity contribution is -0.0266. The van der Waals surface area contributed by atoms with E-state index in [0.29, 0.717) is 24.9 Å². The highest BCUT2D eigenvalue weighted by molar-refractivity contribution is 5.88. The highest BCUT2D eigenvalue weighted by atomic mass is 19.3. The number of hydrogen-bond acceptors (Lipinski definition) is 4. The molecule has 0 unspecified atom stereocenters. The largest absolute Gasteiger partial charge is 0.375 e. The first-order valence-electron chi connectivity index (χ1n) is 8.94. The lowest BCUT2D eigenvalue weighted by atomic mass is 9.98. The number of nitrogens with zero attached hydrogens (tertiary/aromatic N) is 3. The molecule has 0 radical (unpaired) electrons. The fourth-order valence-electron chi connectivity index (χ4n) is 3.68. The lowest BCUT2D eigenvalue weighted by Gasteiger charge is -2.40. The number of benzene rings is 1. The number of aromatic amines is 1. The van der Waals surface area contributed by atoms with E-state index in [2.05, 4.69) is 9.97 Å². The van der Waals surface area contributed by atoms with Gasteiger partial charge in [-0.15, -0.1) is 0 Å². The van der Waals surface area contributed by atoms with Crippen LogP contribution in [-0.4, -0.2) is 40.6 Å². The van der Waals surface area contributed by atoms with Gasteiger partial charge in [0.15, 0.2) is 0 Å². The van der Waals surface area contributed by atoms with Crippen LogP contribution in [0.1, 0.15) is 11.4 Å². The summed E-state index contributed by atoms with van der Waals surface area (Å²) in [6.07, 6.45) is 2.41. The molecule has 5 nitrogen and oxygen atoms in total.